The second-order valence-electron chi connectivity index (χ2n) is 6.69. The van der Waals surface area contributed by atoms with E-state index in [1.807, 2.05) is 12.1 Å². The van der Waals surface area contributed by atoms with Gasteiger partial charge in [-0.1, -0.05) is 38.8 Å². The Morgan fingerprint density at radius 1 is 1.26 bits per heavy atom. The Labute approximate surface area is 116 Å². The van der Waals surface area contributed by atoms with E-state index in [-0.39, 0.29) is 5.82 Å². The molecule has 1 N–H and O–H groups in total. The van der Waals surface area contributed by atoms with Gasteiger partial charge in [-0.25, -0.2) is 4.39 Å². The molecule has 0 aliphatic heterocycles. The zero-order chi connectivity index (χ0) is 13.9. The number of rotatable bonds is 4. The van der Waals surface area contributed by atoms with Gasteiger partial charge in [0.05, 0.1) is 0 Å². The molecule has 0 saturated heterocycles. The summed E-state index contributed by atoms with van der Waals surface area (Å²) >= 11 is 0. The molecule has 1 aromatic rings. The summed E-state index contributed by atoms with van der Waals surface area (Å²) in [6, 6.07) is 7.92. The maximum Gasteiger partial charge on any atom is 0.123 e. The van der Waals surface area contributed by atoms with E-state index in [0.29, 0.717) is 17.5 Å². The Hall–Kier alpha value is -0.890. The van der Waals surface area contributed by atoms with Gasteiger partial charge in [-0.15, -0.1) is 0 Å². The van der Waals surface area contributed by atoms with E-state index >= 15 is 0 Å². The van der Waals surface area contributed by atoms with Crippen molar-refractivity contribution in [3.63, 3.8) is 0 Å². The minimum absolute atomic E-state index is 0.155. The van der Waals surface area contributed by atoms with Crippen molar-refractivity contribution in [2.45, 2.75) is 65.0 Å². The highest BCUT2D eigenvalue weighted by atomic mass is 19.1. The van der Waals surface area contributed by atoms with Crippen LogP contribution in [0.2, 0.25) is 0 Å². The van der Waals surface area contributed by atoms with Crippen molar-refractivity contribution < 1.29 is 4.39 Å². The van der Waals surface area contributed by atoms with Crippen LogP contribution in [0.5, 0.6) is 0 Å². The van der Waals surface area contributed by atoms with Crippen LogP contribution < -0.4 is 5.32 Å². The van der Waals surface area contributed by atoms with Gasteiger partial charge in [0.15, 0.2) is 0 Å². The third-order valence-electron chi connectivity index (χ3n) is 4.45. The van der Waals surface area contributed by atoms with Crippen molar-refractivity contribution in [2.24, 2.45) is 5.41 Å². The van der Waals surface area contributed by atoms with Gasteiger partial charge in [0, 0.05) is 12.1 Å². The normalized spacial score (nSPS) is 24.1. The lowest BCUT2D eigenvalue weighted by molar-refractivity contribution is 0.157. The molecule has 1 aromatic carbocycles. The summed E-state index contributed by atoms with van der Waals surface area (Å²) in [6.07, 6.45) is 6.25. The van der Waals surface area contributed by atoms with Gasteiger partial charge in [-0.2, -0.15) is 0 Å². The molecule has 1 aliphatic rings. The van der Waals surface area contributed by atoms with Crippen molar-refractivity contribution >= 4 is 0 Å². The SMILES string of the molecule is CC(Cc1ccc(F)cc1)NC1CCCCC1(C)C. The second-order valence-corrected chi connectivity index (χ2v) is 6.69. The van der Waals surface area contributed by atoms with Crippen molar-refractivity contribution in [1.82, 2.24) is 5.32 Å². The summed E-state index contributed by atoms with van der Waals surface area (Å²) in [5.41, 5.74) is 1.60. The third kappa shape index (κ3) is 4.04. The average Bonchev–Trinajstić information content (AvgIpc) is 2.35. The third-order valence-corrected chi connectivity index (χ3v) is 4.45. The van der Waals surface area contributed by atoms with Gasteiger partial charge >= 0.3 is 0 Å². The van der Waals surface area contributed by atoms with Crippen molar-refractivity contribution in [3.8, 4) is 0 Å². The van der Waals surface area contributed by atoms with Crippen LogP contribution in [-0.2, 0) is 6.42 Å². The number of hydrogen-bond acceptors (Lipinski definition) is 1. The Morgan fingerprint density at radius 2 is 1.95 bits per heavy atom. The van der Waals surface area contributed by atoms with Gasteiger partial charge in [-0.05, 0) is 49.3 Å². The molecule has 106 valence electrons. The molecular formula is C17H26FN. The lowest BCUT2D eigenvalue weighted by Crippen LogP contribution is -2.48. The van der Waals surface area contributed by atoms with Crippen molar-refractivity contribution in [1.29, 1.82) is 0 Å². The van der Waals surface area contributed by atoms with Gasteiger partial charge < -0.3 is 5.32 Å². The van der Waals surface area contributed by atoms with E-state index in [0.717, 1.165) is 6.42 Å². The van der Waals surface area contributed by atoms with E-state index in [1.54, 1.807) is 12.1 Å². The number of benzene rings is 1. The predicted molar refractivity (Wildman–Crippen MR) is 78.7 cm³/mol. The molecule has 2 unspecified atom stereocenters. The van der Waals surface area contributed by atoms with Crippen LogP contribution in [0.25, 0.3) is 0 Å². The van der Waals surface area contributed by atoms with Gasteiger partial charge in [0.1, 0.15) is 5.82 Å². The predicted octanol–water partition coefficient (Wildman–Crippen LogP) is 4.32. The van der Waals surface area contributed by atoms with Crippen LogP contribution in [-0.4, -0.2) is 12.1 Å². The summed E-state index contributed by atoms with van der Waals surface area (Å²) in [5.74, 6) is -0.155. The molecule has 1 nitrogen and oxygen atoms in total. The molecule has 1 aliphatic carbocycles. The van der Waals surface area contributed by atoms with Crippen molar-refractivity contribution in [3.05, 3.63) is 35.6 Å². The summed E-state index contributed by atoms with van der Waals surface area (Å²) in [4.78, 5) is 0. The van der Waals surface area contributed by atoms with Gasteiger partial charge in [0.2, 0.25) is 0 Å². The number of halogens is 1. The molecule has 0 aromatic heterocycles. The molecule has 19 heavy (non-hydrogen) atoms. The molecule has 1 fully saturated rings. The van der Waals surface area contributed by atoms with E-state index in [4.69, 9.17) is 0 Å². The number of nitrogens with one attached hydrogen (secondary N) is 1. The standard InChI is InChI=1S/C17H26FN/c1-13(12-14-7-9-15(18)10-8-14)19-16-6-4-5-11-17(16,2)3/h7-10,13,16,19H,4-6,11-12H2,1-3H3. The van der Waals surface area contributed by atoms with Crippen LogP contribution in [0.3, 0.4) is 0 Å². The van der Waals surface area contributed by atoms with E-state index in [9.17, 15) is 4.39 Å². The summed E-state index contributed by atoms with van der Waals surface area (Å²) in [6.45, 7) is 6.97. The Kier molecular flexibility index (Phi) is 4.62. The van der Waals surface area contributed by atoms with E-state index in [1.165, 1.54) is 31.2 Å². The molecule has 0 spiro atoms. The zero-order valence-corrected chi connectivity index (χ0v) is 12.4. The van der Waals surface area contributed by atoms with Gasteiger partial charge in [0.25, 0.3) is 0 Å². The first-order valence-electron chi connectivity index (χ1n) is 7.48. The molecule has 0 heterocycles. The monoisotopic (exact) mass is 263 g/mol. The summed E-state index contributed by atoms with van der Waals surface area (Å²) in [7, 11) is 0. The Balaban J connectivity index is 1.90. The van der Waals surface area contributed by atoms with E-state index < -0.39 is 0 Å². The molecule has 0 bridgehead atoms. The maximum absolute atomic E-state index is 12.9. The Bertz CT molecular complexity index is 396. The maximum atomic E-state index is 12.9. The fraction of sp³-hybridized carbons (Fsp3) is 0.647. The minimum Gasteiger partial charge on any atom is -0.311 e. The fourth-order valence-electron chi connectivity index (χ4n) is 3.18. The smallest absolute Gasteiger partial charge is 0.123 e. The van der Waals surface area contributed by atoms with Crippen LogP contribution in [0.1, 0.15) is 52.0 Å². The second kappa shape index (κ2) is 6.04. The minimum atomic E-state index is -0.155. The summed E-state index contributed by atoms with van der Waals surface area (Å²) < 4.78 is 12.9. The molecule has 2 atom stereocenters. The topological polar surface area (TPSA) is 12.0 Å². The van der Waals surface area contributed by atoms with Crippen LogP contribution >= 0.6 is 0 Å². The fourth-order valence-corrected chi connectivity index (χ4v) is 3.18. The highest BCUT2D eigenvalue weighted by Crippen LogP contribution is 2.35. The summed E-state index contributed by atoms with van der Waals surface area (Å²) in [5, 5.41) is 3.78. The highest BCUT2D eigenvalue weighted by Gasteiger charge is 2.32. The first-order chi connectivity index (χ1) is 8.97. The first-order valence-corrected chi connectivity index (χ1v) is 7.48. The molecule has 2 heteroatoms. The molecular weight excluding hydrogens is 237 g/mol. The zero-order valence-electron chi connectivity index (χ0n) is 12.4. The van der Waals surface area contributed by atoms with Crippen molar-refractivity contribution in [2.75, 3.05) is 0 Å². The van der Waals surface area contributed by atoms with E-state index in [2.05, 4.69) is 26.1 Å². The average molecular weight is 263 g/mol. The largest absolute Gasteiger partial charge is 0.311 e. The molecule has 0 radical (unpaired) electrons. The lowest BCUT2D eigenvalue weighted by Gasteiger charge is -2.40. The number of hydrogen-bond donors (Lipinski definition) is 1. The van der Waals surface area contributed by atoms with Crippen LogP contribution in [0, 0.1) is 11.2 Å². The lowest BCUT2D eigenvalue weighted by atomic mass is 9.73. The van der Waals surface area contributed by atoms with Gasteiger partial charge in [-0.3, -0.25) is 0 Å². The van der Waals surface area contributed by atoms with Crippen LogP contribution in [0.15, 0.2) is 24.3 Å². The molecule has 1 saturated carbocycles. The quantitative estimate of drug-likeness (QED) is 0.853. The van der Waals surface area contributed by atoms with Crippen LogP contribution in [0.4, 0.5) is 4.39 Å². The molecule has 2 rings (SSSR count). The Morgan fingerprint density at radius 3 is 2.58 bits per heavy atom. The highest BCUT2D eigenvalue weighted by molar-refractivity contribution is 5.17. The molecule has 0 amide bonds. The first kappa shape index (κ1) is 14.5.